The van der Waals surface area contributed by atoms with Crippen molar-refractivity contribution < 1.29 is 23.9 Å². The van der Waals surface area contributed by atoms with Gasteiger partial charge in [-0.15, -0.1) is 0 Å². The van der Waals surface area contributed by atoms with Gasteiger partial charge in [-0.25, -0.2) is 14.8 Å². The molecule has 0 saturated carbocycles. The minimum Gasteiger partial charge on any atom is -0.497 e. The van der Waals surface area contributed by atoms with Crippen molar-refractivity contribution >= 4 is 29.6 Å². The second-order valence-corrected chi connectivity index (χ2v) is 9.78. The minimum atomic E-state index is -0.599. The number of fused-ring (bicyclic) bond motifs is 1. The van der Waals surface area contributed by atoms with Crippen LogP contribution in [0.25, 0.3) is 0 Å². The van der Waals surface area contributed by atoms with Crippen LogP contribution in [0.1, 0.15) is 12.0 Å². The molecule has 0 aromatic heterocycles. The molecule has 3 aliphatic rings. The highest BCUT2D eigenvalue weighted by Crippen LogP contribution is 2.28. The number of urea groups is 1. The van der Waals surface area contributed by atoms with Crippen LogP contribution in [0.2, 0.25) is 0 Å². The predicted octanol–water partition coefficient (Wildman–Crippen LogP) is 0.132. The topological polar surface area (TPSA) is 117 Å². The maximum atomic E-state index is 13.4. The first-order chi connectivity index (χ1) is 16.9. The third-order valence-electron chi connectivity index (χ3n) is 6.40. The molecular weight excluding hydrogens is 472 g/mol. The Hall–Kier alpha value is -2.54. The van der Waals surface area contributed by atoms with Crippen LogP contribution in [0.3, 0.4) is 0 Å². The van der Waals surface area contributed by atoms with E-state index in [4.69, 9.17) is 9.47 Å². The zero-order valence-electron chi connectivity index (χ0n) is 20.4. The van der Waals surface area contributed by atoms with E-state index in [1.165, 1.54) is 0 Å². The fraction of sp³-hybridized carbons (Fsp3) is 0.609. The molecule has 0 spiro atoms. The first kappa shape index (κ1) is 25.5. The summed E-state index contributed by atoms with van der Waals surface area (Å²) in [6.07, 6.45) is 1.99. The number of carbonyl (C=O) groups is 3. The van der Waals surface area contributed by atoms with Gasteiger partial charge in [0, 0.05) is 26.7 Å². The van der Waals surface area contributed by atoms with Crippen molar-refractivity contribution in [3.8, 4) is 5.75 Å². The number of thioether (sulfide) groups is 1. The summed E-state index contributed by atoms with van der Waals surface area (Å²) in [5.41, 5.74) is 0.927. The highest BCUT2D eigenvalue weighted by molar-refractivity contribution is 7.98. The fourth-order valence-corrected chi connectivity index (χ4v) is 4.94. The average molecular weight is 507 g/mol. The number of amides is 4. The van der Waals surface area contributed by atoms with Crippen LogP contribution >= 0.6 is 11.8 Å². The average Bonchev–Trinajstić information content (AvgIpc) is 3.67. The number of hydrazine groups is 1. The Morgan fingerprint density at radius 3 is 2.66 bits per heavy atom. The third-order valence-corrected chi connectivity index (χ3v) is 7.04. The minimum absolute atomic E-state index is 0.0337. The lowest BCUT2D eigenvalue weighted by atomic mass is 10.0. The van der Waals surface area contributed by atoms with Crippen LogP contribution in [0.15, 0.2) is 24.3 Å². The van der Waals surface area contributed by atoms with Crippen molar-refractivity contribution in [2.24, 2.45) is 0 Å². The molecular formula is C23H34N6O5S. The number of nitrogens with zero attached hydrogens (tertiary/aromatic N) is 4. The molecule has 2 unspecified atom stereocenters. The summed E-state index contributed by atoms with van der Waals surface area (Å²) in [7, 11) is 3.33. The number of methoxy groups -OCH3 is 1. The normalized spacial score (nSPS) is 24.4. The molecule has 3 saturated heterocycles. The Kier molecular flexibility index (Phi) is 8.37. The highest BCUT2D eigenvalue weighted by Gasteiger charge is 2.50. The van der Waals surface area contributed by atoms with E-state index < -0.39 is 12.2 Å². The Balaban J connectivity index is 1.49. The second-order valence-electron chi connectivity index (χ2n) is 8.80. The number of hydrogen-bond donors (Lipinski definition) is 2. The van der Waals surface area contributed by atoms with E-state index in [1.807, 2.05) is 30.5 Å². The quantitative estimate of drug-likeness (QED) is 0.430. The molecule has 1 aromatic carbocycles. The molecule has 4 rings (SSSR count). The molecule has 0 radical (unpaired) electrons. The Bertz CT molecular complexity index is 914. The maximum absolute atomic E-state index is 13.4. The van der Waals surface area contributed by atoms with E-state index in [9.17, 15) is 14.4 Å². The van der Waals surface area contributed by atoms with Crippen LogP contribution in [0.5, 0.6) is 5.75 Å². The van der Waals surface area contributed by atoms with Crippen LogP contribution in [-0.2, 0) is 20.9 Å². The summed E-state index contributed by atoms with van der Waals surface area (Å²) in [6.45, 7) is 2.24. The van der Waals surface area contributed by atoms with Crippen molar-refractivity contribution in [2.45, 2.75) is 31.4 Å². The van der Waals surface area contributed by atoms with E-state index in [1.54, 1.807) is 45.7 Å². The Morgan fingerprint density at radius 1 is 1.26 bits per heavy atom. The van der Waals surface area contributed by atoms with Gasteiger partial charge >= 0.3 is 6.03 Å². The van der Waals surface area contributed by atoms with Gasteiger partial charge in [-0.05, 0) is 36.1 Å². The molecule has 1 aromatic rings. The molecule has 0 bridgehead atoms. The van der Waals surface area contributed by atoms with Crippen molar-refractivity contribution in [1.82, 2.24) is 30.5 Å². The van der Waals surface area contributed by atoms with Gasteiger partial charge in [0.1, 0.15) is 24.2 Å². The monoisotopic (exact) mass is 506 g/mol. The van der Waals surface area contributed by atoms with E-state index in [0.29, 0.717) is 26.1 Å². The molecule has 192 valence electrons. The number of rotatable bonds is 10. The third kappa shape index (κ3) is 6.00. The summed E-state index contributed by atoms with van der Waals surface area (Å²) in [6, 6.07) is 6.55. The van der Waals surface area contributed by atoms with E-state index >= 15 is 0 Å². The number of nitrogens with one attached hydrogen (secondary N) is 2. The van der Waals surface area contributed by atoms with Crippen molar-refractivity contribution in [1.29, 1.82) is 0 Å². The molecule has 0 aliphatic carbocycles. The van der Waals surface area contributed by atoms with E-state index in [0.717, 1.165) is 23.6 Å². The largest absolute Gasteiger partial charge is 0.497 e. The summed E-state index contributed by atoms with van der Waals surface area (Å²) >= 11 is 1.63. The second kappa shape index (κ2) is 11.5. The van der Waals surface area contributed by atoms with Gasteiger partial charge in [0.05, 0.1) is 26.8 Å². The SMILES string of the molecule is COc1ccc(CNC(=O)N2C3CN(CCOC4CN4)C(=O)[C@H](CCSC)N3C(=O)CN2C)cc1. The Morgan fingerprint density at radius 2 is 2.00 bits per heavy atom. The number of benzene rings is 1. The fourth-order valence-electron chi connectivity index (χ4n) is 4.49. The molecule has 3 heterocycles. The molecule has 35 heavy (non-hydrogen) atoms. The number of piperazine rings is 1. The maximum Gasteiger partial charge on any atom is 0.334 e. The van der Waals surface area contributed by atoms with Crippen LogP contribution in [0.4, 0.5) is 4.79 Å². The van der Waals surface area contributed by atoms with Crippen molar-refractivity contribution in [3.05, 3.63) is 29.8 Å². The lowest BCUT2D eigenvalue weighted by molar-refractivity contribution is -0.187. The van der Waals surface area contributed by atoms with Crippen molar-refractivity contribution in [2.75, 3.05) is 59.0 Å². The molecule has 3 aliphatic heterocycles. The van der Waals surface area contributed by atoms with Gasteiger partial charge < -0.3 is 24.6 Å². The lowest BCUT2D eigenvalue weighted by Gasteiger charge is -2.54. The van der Waals surface area contributed by atoms with Crippen LogP contribution in [0, 0.1) is 0 Å². The number of hydrogen-bond acceptors (Lipinski definition) is 8. The molecule has 12 heteroatoms. The molecule has 2 N–H and O–H groups in total. The predicted molar refractivity (Wildman–Crippen MR) is 131 cm³/mol. The molecule has 4 amide bonds. The standard InChI is InChI=1S/C23H34N6O5S/c1-26-15-21(30)28-18(8-11-35-3)22(31)27(9-10-34-19-13-24-19)14-20(28)29(26)23(32)25-12-16-4-6-17(33-2)7-5-16/h4-7,18-20,24H,8-15H2,1-3H3,(H,25,32)/t18-,19?,20?/m0/s1. The summed E-state index contributed by atoms with van der Waals surface area (Å²) in [5, 5.41) is 9.24. The summed E-state index contributed by atoms with van der Waals surface area (Å²) in [4.78, 5) is 43.1. The van der Waals surface area contributed by atoms with Crippen LogP contribution in [-0.4, -0.2) is 115 Å². The number of carbonyl (C=O) groups excluding carboxylic acids is 3. The lowest BCUT2D eigenvalue weighted by Crippen LogP contribution is -2.76. The van der Waals surface area contributed by atoms with Gasteiger partial charge in [0.15, 0.2) is 0 Å². The number of ether oxygens (including phenoxy) is 2. The smallest absolute Gasteiger partial charge is 0.334 e. The van der Waals surface area contributed by atoms with Gasteiger partial charge in [-0.3, -0.25) is 14.9 Å². The zero-order valence-corrected chi connectivity index (χ0v) is 21.3. The Labute approximate surface area is 210 Å². The van der Waals surface area contributed by atoms with Gasteiger partial charge in [-0.2, -0.15) is 11.8 Å². The van der Waals surface area contributed by atoms with Crippen molar-refractivity contribution in [3.63, 3.8) is 0 Å². The summed E-state index contributed by atoms with van der Waals surface area (Å²) in [5.74, 6) is 1.26. The van der Waals surface area contributed by atoms with Gasteiger partial charge in [-0.1, -0.05) is 12.1 Å². The van der Waals surface area contributed by atoms with Gasteiger partial charge in [0.2, 0.25) is 11.8 Å². The van der Waals surface area contributed by atoms with Crippen LogP contribution < -0.4 is 15.4 Å². The highest BCUT2D eigenvalue weighted by atomic mass is 32.2. The first-order valence-electron chi connectivity index (χ1n) is 11.8. The summed E-state index contributed by atoms with van der Waals surface area (Å²) < 4.78 is 10.9. The molecule has 3 fully saturated rings. The molecule has 3 atom stereocenters. The number of likely N-dealkylation sites (N-methyl/N-ethyl adjacent to an activating group) is 1. The van der Waals surface area contributed by atoms with Gasteiger partial charge in [0.25, 0.3) is 0 Å². The van der Waals surface area contributed by atoms with E-state index in [2.05, 4.69) is 10.6 Å². The zero-order chi connectivity index (χ0) is 24.9. The van der Waals surface area contributed by atoms with E-state index in [-0.39, 0.29) is 37.2 Å². The first-order valence-corrected chi connectivity index (χ1v) is 13.2. The molecule has 11 nitrogen and oxygen atoms in total.